The van der Waals surface area contributed by atoms with Crippen molar-refractivity contribution in [1.82, 2.24) is 10.2 Å². The van der Waals surface area contributed by atoms with Crippen LogP contribution in [0.1, 0.15) is 25.0 Å². The number of nitrogens with one attached hydrogen (secondary N) is 1. The highest BCUT2D eigenvalue weighted by atomic mass is 35.5. The van der Waals surface area contributed by atoms with E-state index in [2.05, 4.69) is 15.1 Å². The van der Waals surface area contributed by atoms with E-state index in [1.165, 1.54) is 6.08 Å². The molecule has 1 aromatic heterocycles. The number of hydrogen-bond donors (Lipinski definition) is 1. The lowest BCUT2D eigenvalue weighted by Crippen LogP contribution is -2.52. The number of piperidine rings is 1. The van der Waals surface area contributed by atoms with Gasteiger partial charge in [-0.3, -0.25) is 20.2 Å². The second-order valence-corrected chi connectivity index (χ2v) is 10.6. The summed E-state index contributed by atoms with van der Waals surface area (Å²) in [4.78, 5) is 30.1. The van der Waals surface area contributed by atoms with Crippen molar-refractivity contribution < 1.29 is 14.1 Å². The summed E-state index contributed by atoms with van der Waals surface area (Å²) in [5.41, 5.74) is 2.69. The van der Waals surface area contributed by atoms with Crippen LogP contribution in [0.3, 0.4) is 0 Å². The van der Waals surface area contributed by atoms with Gasteiger partial charge in [0.25, 0.3) is 5.69 Å². The highest BCUT2D eigenvalue weighted by Crippen LogP contribution is 2.34. The zero-order valence-electron chi connectivity index (χ0n) is 21.9. The molecule has 5 rings (SSSR count). The number of carbonyl (C=O) groups is 1. The molecule has 2 aliphatic rings. The molecular formula is C29H30ClN5O4S. The Labute approximate surface area is 243 Å². The Hall–Kier alpha value is -3.89. The summed E-state index contributed by atoms with van der Waals surface area (Å²) in [5, 5.41) is 15.4. The molecule has 3 heterocycles. The molecular weight excluding hydrogens is 550 g/mol. The summed E-state index contributed by atoms with van der Waals surface area (Å²) >= 11 is 11.4. The first kappa shape index (κ1) is 27.7. The Kier molecular flexibility index (Phi) is 8.66. The zero-order valence-corrected chi connectivity index (χ0v) is 23.5. The Balaban J connectivity index is 1.14. The Morgan fingerprint density at radius 2 is 1.68 bits per heavy atom. The lowest BCUT2D eigenvalue weighted by molar-refractivity contribution is -0.384. The predicted molar refractivity (Wildman–Crippen MR) is 162 cm³/mol. The van der Waals surface area contributed by atoms with Crippen LogP contribution >= 0.6 is 23.8 Å². The normalized spacial score (nSPS) is 15.9. The van der Waals surface area contributed by atoms with Crippen LogP contribution in [0, 0.1) is 10.1 Å². The summed E-state index contributed by atoms with van der Waals surface area (Å²) in [6.07, 6.45) is 6.25. The maximum absolute atomic E-state index is 12.5. The average molecular weight is 580 g/mol. The van der Waals surface area contributed by atoms with E-state index >= 15 is 0 Å². The third-order valence-electron chi connectivity index (χ3n) is 7.17. The molecule has 9 nitrogen and oxygen atoms in total. The van der Waals surface area contributed by atoms with Crippen LogP contribution in [0.4, 0.5) is 17.1 Å². The van der Waals surface area contributed by atoms with Gasteiger partial charge in [-0.25, -0.2) is 0 Å². The van der Waals surface area contributed by atoms with Crippen LogP contribution < -0.4 is 15.1 Å². The number of benzene rings is 2. The van der Waals surface area contributed by atoms with Gasteiger partial charge >= 0.3 is 0 Å². The number of nitrogens with zero attached hydrogens (tertiary/aromatic N) is 4. The molecule has 3 aromatic rings. The minimum absolute atomic E-state index is 0.150. The van der Waals surface area contributed by atoms with Crippen LogP contribution in [0.15, 0.2) is 65.1 Å². The van der Waals surface area contributed by atoms with E-state index in [0.29, 0.717) is 53.5 Å². The Morgan fingerprint density at radius 1 is 0.950 bits per heavy atom. The van der Waals surface area contributed by atoms with Crippen LogP contribution in [0.25, 0.3) is 17.4 Å². The molecule has 2 aromatic carbocycles. The van der Waals surface area contributed by atoms with E-state index in [1.807, 2.05) is 35.2 Å². The molecule has 11 heteroatoms. The molecule has 0 unspecified atom stereocenters. The van der Waals surface area contributed by atoms with Crippen molar-refractivity contribution in [3.8, 4) is 11.3 Å². The molecule has 208 valence electrons. The monoisotopic (exact) mass is 579 g/mol. The second-order valence-electron chi connectivity index (χ2n) is 9.79. The van der Waals surface area contributed by atoms with Crippen molar-refractivity contribution >= 4 is 58.0 Å². The number of anilines is 2. The molecule has 0 atom stereocenters. The molecule has 1 amide bonds. The van der Waals surface area contributed by atoms with E-state index in [9.17, 15) is 14.9 Å². The van der Waals surface area contributed by atoms with Gasteiger partial charge in [-0.05, 0) is 86.1 Å². The first-order valence-electron chi connectivity index (χ1n) is 13.3. The number of hydrogen-bond acceptors (Lipinski definition) is 7. The van der Waals surface area contributed by atoms with Crippen LogP contribution in [0.5, 0.6) is 0 Å². The van der Waals surface area contributed by atoms with E-state index in [4.69, 9.17) is 28.2 Å². The molecule has 0 saturated carbocycles. The van der Waals surface area contributed by atoms with Gasteiger partial charge in [0.15, 0.2) is 5.11 Å². The molecule has 2 fully saturated rings. The van der Waals surface area contributed by atoms with Crippen LogP contribution in [0.2, 0.25) is 5.02 Å². The highest BCUT2D eigenvalue weighted by molar-refractivity contribution is 7.80. The first-order chi connectivity index (χ1) is 19.4. The smallest absolute Gasteiger partial charge is 0.292 e. The third kappa shape index (κ3) is 6.63. The van der Waals surface area contributed by atoms with E-state index in [-0.39, 0.29) is 16.5 Å². The van der Waals surface area contributed by atoms with Crippen molar-refractivity contribution in [3.05, 3.63) is 81.6 Å². The number of piperazine rings is 1. The molecule has 1 N–H and O–H groups in total. The quantitative estimate of drug-likeness (QED) is 0.171. The maximum atomic E-state index is 12.5. The number of carbonyl (C=O) groups excluding carboxylic acids is 1. The van der Waals surface area contributed by atoms with E-state index in [0.717, 1.165) is 43.6 Å². The fourth-order valence-electron chi connectivity index (χ4n) is 5.01. The number of thiocarbonyl (C=S) groups is 1. The van der Waals surface area contributed by atoms with Crippen molar-refractivity contribution in [2.24, 2.45) is 0 Å². The predicted octanol–water partition coefficient (Wildman–Crippen LogP) is 5.74. The number of rotatable bonds is 6. The molecule has 0 aliphatic carbocycles. The fourth-order valence-corrected chi connectivity index (χ4v) is 5.42. The summed E-state index contributed by atoms with van der Waals surface area (Å²) < 4.78 is 5.80. The molecule has 2 saturated heterocycles. The standard InChI is InChI=1S/C29H30ClN5O4S/c30-22-6-4-21(5-7-22)27-12-9-24(39-27)10-13-28(36)31-29(40)34-18-16-32(17-19-34)23-8-11-25(35(37)38)26(20-23)33-14-2-1-3-15-33/h4-13,20H,1-3,14-19H2,(H,31,36,40)/b13-10+. The fraction of sp³-hybridized carbons (Fsp3) is 0.310. The number of nitro benzene ring substituents is 1. The summed E-state index contributed by atoms with van der Waals surface area (Å²) in [6.45, 7) is 4.29. The van der Waals surface area contributed by atoms with Gasteiger partial charge in [-0.2, -0.15) is 0 Å². The van der Waals surface area contributed by atoms with Crippen molar-refractivity contribution in [3.63, 3.8) is 0 Å². The minimum atomic E-state index is -0.335. The molecule has 0 spiro atoms. The van der Waals surface area contributed by atoms with Gasteiger partial charge in [-0.1, -0.05) is 11.6 Å². The minimum Gasteiger partial charge on any atom is -0.457 e. The Morgan fingerprint density at radius 3 is 2.38 bits per heavy atom. The van der Waals surface area contributed by atoms with Crippen LogP contribution in [-0.2, 0) is 4.79 Å². The molecule has 0 bridgehead atoms. The largest absolute Gasteiger partial charge is 0.457 e. The number of halogens is 1. The third-order valence-corrected chi connectivity index (χ3v) is 7.78. The van der Waals surface area contributed by atoms with Gasteiger partial charge in [-0.15, -0.1) is 0 Å². The summed E-state index contributed by atoms with van der Waals surface area (Å²) in [7, 11) is 0. The van der Waals surface area contributed by atoms with Crippen LogP contribution in [-0.4, -0.2) is 60.1 Å². The van der Waals surface area contributed by atoms with Gasteiger partial charge in [0, 0.05) is 67.7 Å². The topological polar surface area (TPSA) is 95.1 Å². The van der Waals surface area contributed by atoms with Crippen molar-refractivity contribution in [2.75, 3.05) is 49.1 Å². The number of amides is 1. The molecule has 2 aliphatic heterocycles. The van der Waals surface area contributed by atoms with E-state index in [1.54, 1.807) is 30.3 Å². The first-order valence-corrected chi connectivity index (χ1v) is 14.1. The van der Waals surface area contributed by atoms with Gasteiger partial charge in [0.2, 0.25) is 5.91 Å². The summed E-state index contributed by atoms with van der Waals surface area (Å²) in [6, 6.07) is 16.3. The zero-order chi connectivity index (χ0) is 28.1. The van der Waals surface area contributed by atoms with E-state index < -0.39 is 0 Å². The van der Waals surface area contributed by atoms with Crippen molar-refractivity contribution in [1.29, 1.82) is 0 Å². The van der Waals surface area contributed by atoms with Gasteiger partial charge in [0.05, 0.1) is 4.92 Å². The van der Waals surface area contributed by atoms with Gasteiger partial charge < -0.3 is 19.1 Å². The maximum Gasteiger partial charge on any atom is 0.292 e. The lowest BCUT2D eigenvalue weighted by Gasteiger charge is -2.37. The van der Waals surface area contributed by atoms with Crippen molar-refractivity contribution in [2.45, 2.75) is 19.3 Å². The van der Waals surface area contributed by atoms with Gasteiger partial charge in [0.1, 0.15) is 17.2 Å². The molecule has 0 radical (unpaired) electrons. The molecule has 40 heavy (non-hydrogen) atoms. The number of furan rings is 1. The second kappa shape index (κ2) is 12.5. The number of nitro groups is 1. The SMILES string of the molecule is O=C(/C=C/c1ccc(-c2ccc(Cl)cc2)o1)NC(=S)N1CCN(c2ccc([N+](=O)[O-])c(N3CCCCC3)c2)CC1. The lowest BCUT2D eigenvalue weighted by atomic mass is 10.1. The highest BCUT2D eigenvalue weighted by Gasteiger charge is 2.25. The summed E-state index contributed by atoms with van der Waals surface area (Å²) in [5.74, 6) is 0.895. The average Bonchev–Trinajstić information content (AvgIpc) is 3.46. The Bertz CT molecular complexity index is 1410.